The van der Waals surface area contributed by atoms with E-state index < -0.39 is 6.04 Å². The van der Waals surface area contributed by atoms with Gasteiger partial charge in [0.2, 0.25) is 5.95 Å². The topological polar surface area (TPSA) is 83.0 Å². The first-order valence-corrected chi connectivity index (χ1v) is 4.79. The molecule has 0 saturated carbocycles. The lowest BCUT2D eigenvalue weighted by atomic mass is 10.0. The number of ether oxygens (including phenoxy) is 1. The highest BCUT2D eigenvalue weighted by Gasteiger charge is 2.23. The van der Waals surface area contributed by atoms with Crippen molar-refractivity contribution in [3.8, 4) is 0 Å². The number of rotatable bonds is 4. The first kappa shape index (κ1) is 11.5. The van der Waals surface area contributed by atoms with Crippen molar-refractivity contribution in [1.29, 1.82) is 0 Å². The first-order valence-electron chi connectivity index (χ1n) is 4.79. The fraction of sp³-hybridized carbons (Fsp3) is 0.667. The monoisotopic (exact) mass is 212 g/mol. The van der Waals surface area contributed by atoms with Gasteiger partial charge in [-0.05, 0) is 12.3 Å². The van der Waals surface area contributed by atoms with Crippen molar-refractivity contribution in [2.45, 2.75) is 26.3 Å². The van der Waals surface area contributed by atoms with Crippen molar-refractivity contribution < 1.29 is 9.53 Å². The highest BCUT2D eigenvalue weighted by Crippen LogP contribution is 2.18. The van der Waals surface area contributed by atoms with Crippen LogP contribution in [0.3, 0.4) is 0 Å². The average molecular weight is 212 g/mol. The van der Waals surface area contributed by atoms with Crippen LogP contribution < -0.4 is 5.73 Å². The van der Waals surface area contributed by atoms with E-state index in [-0.39, 0.29) is 11.9 Å². The lowest BCUT2D eigenvalue weighted by molar-refractivity contribution is -0.145. The van der Waals surface area contributed by atoms with Gasteiger partial charge in [0.25, 0.3) is 0 Å². The second-order valence-electron chi connectivity index (χ2n) is 3.75. The maximum Gasteiger partial charge on any atom is 0.330 e. The molecular weight excluding hydrogens is 196 g/mol. The fourth-order valence-electron chi connectivity index (χ4n) is 1.33. The van der Waals surface area contributed by atoms with Gasteiger partial charge in [-0.3, -0.25) is 0 Å². The number of nitrogens with two attached hydrogens (primary N) is 1. The lowest BCUT2D eigenvalue weighted by Gasteiger charge is -2.16. The Morgan fingerprint density at radius 2 is 2.33 bits per heavy atom. The zero-order chi connectivity index (χ0) is 11.4. The first-order chi connectivity index (χ1) is 7.04. The van der Waals surface area contributed by atoms with Gasteiger partial charge in [0.05, 0.1) is 7.11 Å². The molecule has 0 spiro atoms. The minimum absolute atomic E-state index is 0.160. The fourth-order valence-corrected chi connectivity index (χ4v) is 1.33. The van der Waals surface area contributed by atoms with Crippen molar-refractivity contribution in [3.05, 3.63) is 6.33 Å². The molecule has 0 aliphatic rings. The van der Waals surface area contributed by atoms with Crippen LogP contribution in [0.4, 0.5) is 5.95 Å². The lowest BCUT2D eigenvalue weighted by Crippen LogP contribution is -2.23. The molecule has 1 aromatic rings. The maximum atomic E-state index is 11.5. The Balaban J connectivity index is 2.85. The molecule has 84 valence electrons. The van der Waals surface area contributed by atoms with Crippen molar-refractivity contribution in [1.82, 2.24) is 14.8 Å². The molecule has 0 bridgehead atoms. The van der Waals surface area contributed by atoms with Crippen LogP contribution in [0.25, 0.3) is 0 Å². The number of esters is 1. The molecule has 2 N–H and O–H groups in total. The van der Waals surface area contributed by atoms with E-state index in [0.717, 1.165) is 0 Å². The van der Waals surface area contributed by atoms with Gasteiger partial charge >= 0.3 is 5.97 Å². The molecule has 1 rings (SSSR count). The quantitative estimate of drug-likeness (QED) is 0.740. The third-order valence-corrected chi connectivity index (χ3v) is 2.01. The van der Waals surface area contributed by atoms with Gasteiger partial charge in [0, 0.05) is 0 Å². The molecule has 0 fully saturated rings. The number of carbonyl (C=O) groups is 1. The van der Waals surface area contributed by atoms with Crippen LogP contribution in [0.15, 0.2) is 6.33 Å². The van der Waals surface area contributed by atoms with Gasteiger partial charge in [-0.1, -0.05) is 13.8 Å². The van der Waals surface area contributed by atoms with Crippen molar-refractivity contribution in [2.75, 3.05) is 12.8 Å². The number of carbonyl (C=O) groups excluding carboxylic acids is 1. The van der Waals surface area contributed by atoms with Gasteiger partial charge in [-0.25, -0.2) is 14.5 Å². The molecule has 0 aromatic carbocycles. The maximum absolute atomic E-state index is 11.5. The molecule has 6 nitrogen and oxygen atoms in total. The number of nitrogen functional groups attached to an aromatic ring is 1. The Morgan fingerprint density at radius 1 is 1.67 bits per heavy atom. The Hall–Kier alpha value is -1.59. The van der Waals surface area contributed by atoms with Crippen molar-refractivity contribution >= 4 is 11.9 Å². The Kier molecular flexibility index (Phi) is 3.65. The van der Waals surface area contributed by atoms with Crippen LogP contribution in [0, 0.1) is 5.92 Å². The molecule has 0 radical (unpaired) electrons. The van der Waals surface area contributed by atoms with Gasteiger partial charge in [-0.15, -0.1) is 5.10 Å². The number of anilines is 1. The average Bonchev–Trinajstić information content (AvgIpc) is 2.59. The van der Waals surface area contributed by atoms with E-state index in [1.807, 2.05) is 13.8 Å². The second-order valence-corrected chi connectivity index (χ2v) is 3.75. The van der Waals surface area contributed by atoms with Crippen LogP contribution in [-0.4, -0.2) is 27.8 Å². The summed E-state index contributed by atoms with van der Waals surface area (Å²) >= 11 is 0. The van der Waals surface area contributed by atoms with Gasteiger partial charge < -0.3 is 10.5 Å². The molecule has 1 unspecified atom stereocenters. The summed E-state index contributed by atoms with van der Waals surface area (Å²) in [5.74, 6) is 0.195. The highest BCUT2D eigenvalue weighted by atomic mass is 16.5. The molecule has 0 amide bonds. The van der Waals surface area contributed by atoms with E-state index in [4.69, 9.17) is 10.5 Å². The molecule has 0 aliphatic heterocycles. The highest BCUT2D eigenvalue weighted by molar-refractivity contribution is 5.73. The number of hydrogen-bond acceptors (Lipinski definition) is 5. The Morgan fingerprint density at radius 3 is 2.73 bits per heavy atom. The zero-order valence-corrected chi connectivity index (χ0v) is 9.17. The summed E-state index contributed by atoms with van der Waals surface area (Å²) in [6.07, 6.45) is 2.09. The number of hydrogen-bond donors (Lipinski definition) is 1. The third kappa shape index (κ3) is 2.93. The summed E-state index contributed by atoms with van der Waals surface area (Å²) in [5.41, 5.74) is 5.39. The Bertz CT molecular complexity index is 335. The van der Waals surface area contributed by atoms with E-state index in [0.29, 0.717) is 12.3 Å². The molecule has 1 aromatic heterocycles. The molecule has 6 heteroatoms. The van der Waals surface area contributed by atoms with Gasteiger partial charge in [0.1, 0.15) is 6.33 Å². The van der Waals surface area contributed by atoms with E-state index in [1.165, 1.54) is 18.1 Å². The summed E-state index contributed by atoms with van der Waals surface area (Å²) in [4.78, 5) is 15.3. The van der Waals surface area contributed by atoms with Gasteiger partial charge in [0.15, 0.2) is 6.04 Å². The molecule has 0 saturated heterocycles. The van der Waals surface area contributed by atoms with Crippen molar-refractivity contribution in [2.24, 2.45) is 5.92 Å². The van der Waals surface area contributed by atoms with Crippen LogP contribution in [0.2, 0.25) is 0 Å². The van der Waals surface area contributed by atoms with E-state index in [2.05, 4.69) is 10.1 Å². The molecule has 1 heterocycles. The van der Waals surface area contributed by atoms with E-state index >= 15 is 0 Å². The standard InChI is InChI=1S/C9H16N4O2/c1-6(2)4-7(8(14)15-3)13-5-11-9(10)12-13/h5-7H,4H2,1-3H3,(H2,10,12). The molecule has 15 heavy (non-hydrogen) atoms. The van der Waals surface area contributed by atoms with Crippen LogP contribution >= 0.6 is 0 Å². The minimum Gasteiger partial charge on any atom is -0.467 e. The minimum atomic E-state index is -0.445. The second kappa shape index (κ2) is 4.77. The summed E-state index contributed by atoms with van der Waals surface area (Å²) < 4.78 is 6.15. The summed E-state index contributed by atoms with van der Waals surface area (Å²) in [6.45, 7) is 4.05. The summed E-state index contributed by atoms with van der Waals surface area (Å²) in [5, 5.41) is 3.92. The molecular formula is C9H16N4O2. The molecule has 0 aliphatic carbocycles. The number of aromatic nitrogens is 3. The Labute approximate surface area is 88.4 Å². The zero-order valence-electron chi connectivity index (χ0n) is 9.17. The normalized spacial score (nSPS) is 12.8. The summed E-state index contributed by atoms with van der Waals surface area (Å²) in [7, 11) is 1.36. The van der Waals surface area contributed by atoms with Crippen LogP contribution in [0.5, 0.6) is 0 Å². The molecule has 1 atom stereocenters. The van der Waals surface area contributed by atoms with Gasteiger partial charge in [-0.2, -0.15) is 0 Å². The third-order valence-electron chi connectivity index (χ3n) is 2.01. The summed E-state index contributed by atoms with van der Waals surface area (Å²) in [6, 6.07) is -0.445. The number of nitrogens with zero attached hydrogens (tertiary/aromatic N) is 3. The van der Waals surface area contributed by atoms with E-state index in [9.17, 15) is 4.79 Å². The van der Waals surface area contributed by atoms with Crippen LogP contribution in [0.1, 0.15) is 26.3 Å². The predicted molar refractivity (Wildman–Crippen MR) is 54.9 cm³/mol. The van der Waals surface area contributed by atoms with Crippen molar-refractivity contribution in [3.63, 3.8) is 0 Å². The SMILES string of the molecule is COC(=O)C(CC(C)C)n1cnc(N)n1. The smallest absolute Gasteiger partial charge is 0.330 e. The predicted octanol–water partition coefficient (Wildman–Crippen LogP) is 0.620. The van der Waals surface area contributed by atoms with E-state index in [1.54, 1.807) is 0 Å². The number of methoxy groups -OCH3 is 1. The van der Waals surface area contributed by atoms with Crippen LogP contribution in [-0.2, 0) is 9.53 Å². The largest absolute Gasteiger partial charge is 0.467 e.